The number of likely N-dealkylation sites (tertiary alicyclic amines) is 1. The lowest BCUT2D eigenvalue weighted by Gasteiger charge is -2.36. The Labute approximate surface area is 123 Å². The number of carbonyl (C=O) groups is 1. The first-order valence-electron chi connectivity index (χ1n) is 7.22. The fourth-order valence-electron chi connectivity index (χ4n) is 2.69. The lowest BCUT2D eigenvalue weighted by molar-refractivity contribution is -0.117. The molecule has 0 bridgehead atoms. The smallest absolute Gasteiger partial charge is 0.238 e. The van der Waals surface area contributed by atoms with E-state index < -0.39 is 11.6 Å². The number of amides is 1. The van der Waals surface area contributed by atoms with Gasteiger partial charge >= 0.3 is 0 Å². The SMILES string of the molecule is CCC1CN(CC(=O)Nc2cc(F)ccc2F)CCC1N. The summed E-state index contributed by atoms with van der Waals surface area (Å²) in [5.41, 5.74) is 5.90. The lowest BCUT2D eigenvalue weighted by atomic mass is 9.91. The summed E-state index contributed by atoms with van der Waals surface area (Å²) >= 11 is 0. The number of hydrogen-bond acceptors (Lipinski definition) is 3. The minimum absolute atomic E-state index is 0.124. The monoisotopic (exact) mass is 297 g/mol. The van der Waals surface area contributed by atoms with Gasteiger partial charge in [0.15, 0.2) is 0 Å². The molecule has 1 fully saturated rings. The van der Waals surface area contributed by atoms with Crippen LogP contribution in [-0.4, -0.2) is 36.5 Å². The molecular formula is C15H21F2N3O. The van der Waals surface area contributed by atoms with Crippen molar-refractivity contribution in [1.29, 1.82) is 0 Å². The molecule has 0 aliphatic carbocycles. The van der Waals surface area contributed by atoms with Gasteiger partial charge in [0.1, 0.15) is 11.6 Å². The lowest BCUT2D eigenvalue weighted by Crippen LogP contribution is -2.48. The van der Waals surface area contributed by atoms with E-state index in [0.29, 0.717) is 5.92 Å². The predicted octanol–water partition coefficient (Wildman–Crippen LogP) is 1.96. The molecule has 1 aromatic rings. The van der Waals surface area contributed by atoms with Crippen molar-refractivity contribution in [3.8, 4) is 0 Å². The first-order chi connectivity index (χ1) is 9.99. The standard InChI is InChI=1S/C15H21F2N3O/c1-2-10-8-20(6-5-13(10)18)9-15(21)19-14-7-11(16)3-4-12(14)17/h3-4,7,10,13H,2,5-6,8-9,18H2,1H3,(H,19,21). The highest BCUT2D eigenvalue weighted by Gasteiger charge is 2.26. The van der Waals surface area contributed by atoms with Gasteiger partial charge in [-0.05, 0) is 24.5 Å². The molecule has 1 aliphatic heterocycles. The topological polar surface area (TPSA) is 58.4 Å². The Balaban J connectivity index is 1.91. The molecule has 1 heterocycles. The Morgan fingerprint density at radius 3 is 2.95 bits per heavy atom. The average molecular weight is 297 g/mol. The minimum Gasteiger partial charge on any atom is -0.327 e. The summed E-state index contributed by atoms with van der Waals surface area (Å²) in [5.74, 6) is -1.19. The zero-order valence-corrected chi connectivity index (χ0v) is 12.1. The molecule has 2 atom stereocenters. The van der Waals surface area contributed by atoms with E-state index in [0.717, 1.165) is 44.1 Å². The van der Waals surface area contributed by atoms with Crippen LogP contribution in [0.3, 0.4) is 0 Å². The summed E-state index contributed by atoms with van der Waals surface area (Å²) in [5, 5.41) is 2.42. The van der Waals surface area contributed by atoms with E-state index in [1.165, 1.54) is 0 Å². The van der Waals surface area contributed by atoms with Gasteiger partial charge in [-0.25, -0.2) is 8.78 Å². The molecule has 2 rings (SSSR count). The summed E-state index contributed by atoms with van der Waals surface area (Å²) in [7, 11) is 0. The molecular weight excluding hydrogens is 276 g/mol. The van der Waals surface area contributed by atoms with Crippen molar-refractivity contribution in [2.45, 2.75) is 25.8 Å². The number of piperidine rings is 1. The van der Waals surface area contributed by atoms with Crippen LogP contribution in [0.4, 0.5) is 14.5 Å². The van der Waals surface area contributed by atoms with Crippen LogP contribution in [-0.2, 0) is 4.79 Å². The first-order valence-corrected chi connectivity index (χ1v) is 7.22. The molecule has 0 spiro atoms. The number of nitrogens with zero attached hydrogens (tertiary/aromatic N) is 1. The van der Waals surface area contributed by atoms with E-state index in [2.05, 4.69) is 12.2 Å². The van der Waals surface area contributed by atoms with Gasteiger partial charge in [-0.15, -0.1) is 0 Å². The molecule has 0 aromatic heterocycles. The second-order valence-corrected chi connectivity index (χ2v) is 5.53. The number of carbonyl (C=O) groups excluding carboxylic acids is 1. The fraction of sp³-hybridized carbons (Fsp3) is 0.533. The zero-order chi connectivity index (χ0) is 15.4. The third-order valence-electron chi connectivity index (χ3n) is 3.97. The number of anilines is 1. The molecule has 6 heteroatoms. The Kier molecular flexibility index (Phi) is 5.25. The third kappa shape index (κ3) is 4.22. The molecule has 1 aliphatic rings. The number of benzene rings is 1. The molecule has 1 amide bonds. The van der Waals surface area contributed by atoms with E-state index in [9.17, 15) is 13.6 Å². The Hall–Kier alpha value is -1.53. The van der Waals surface area contributed by atoms with Crippen LogP contribution in [0.5, 0.6) is 0 Å². The molecule has 3 N–H and O–H groups in total. The van der Waals surface area contributed by atoms with Crippen molar-refractivity contribution in [3.05, 3.63) is 29.8 Å². The maximum atomic E-state index is 13.5. The van der Waals surface area contributed by atoms with Crippen molar-refractivity contribution in [1.82, 2.24) is 4.90 Å². The Morgan fingerprint density at radius 2 is 2.24 bits per heavy atom. The highest BCUT2D eigenvalue weighted by Crippen LogP contribution is 2.19. The van der Waals surface area contributed by atoms with Crippen LogP contribution in [0, 0.1) is 17.6 Å². The molecule has 0 saturated carbocycles. The van der Waals surface area contributed by atoms with Crippen LogP contribution in [0.25, 0.3) is 0 Å². The quantitative estimate of drug-likeness (QED) is 0.893. The van der Waals surface area contributed by atoms with Crippen LogP contribution in [0.1, 0.15) is 19.8 Å². The highest BCUT2D eigenvalue weighted by atomic mass is 19.1. The van der Waals surface area contributed by atoms with E-state index in [4.69, 9.17) is 5.73 Å². The molecule has 1 saturated heterocycles. The summed E-state index contributed by atoms with van der Waals surface area (Å²) in [6, 6.07) is 3.17. The summed E-state index contributed by atoms with van der Waals surface area (Å²) in [4.78, 5) is 14.0. The maximum absolute atomic E-state index is 13.5. The summed E-state index contributed by atoms with van der Waals surface area (Å²) in [6.07, 6.45) is 1.82. The third-order valence-corrected chi connectivity index (χ3v) is 3.97. The first kappa shape index (κ1) is 15.9. The minimum atomic E-state index is -0.642. The average Bonchev–Trinajstić information content (AvgIpc) is 2.45. The van der Waals surface area contributed by atoms with Gasteiger partial charge in [0, 0.05) is 25.2 Å². The van der Waals surface area contributed by atoms with Crippen LogP contribution in [0.2, 0.25) is 0 Å². The van der Waals surface area contributed by atoms with Gasteiger partial charge in [-0.1, -0.05) is 13.3 Å². The van der Waals surface area contributed by atoms with Crippen molar-refractivity contribution in [2.75, 3.05) is 25.0 Å². The van der Waals surface area contributed by atoms with Crippen molar-refractivity contribution in [2.24, 2.45) is 11.7 Å². The van der Waals surface area contributed by atoms with Crippen LogP contribution >= 0.6 is 0 Å². The number of nitrogens with one attached hydrogen (secondary N) is 1. The second-order valence-electron chi connectivity index (χ2n) is 5.53. The Bertz CT molecular complexity index is 510. The van der Waals surface area contributed by atoms with E-state index in [-0.39, 0.29) is 24.2 Å². The summed E-state index contributed by atoms with van der Waals surface area (Å²) in [6.45, 7) is 3.75. The van der Waals surface area contributed by atoms with Crippen LogP contribution in [0.15, 0.2) is 18.2 Å². The molecule has 1 aromatic carbocycles. The van der Waals surface area contributed by atoms with E-state index in [1.807, 2.05) is 4.90 Å². The number of nitrogens with two attached hydrogens (primary N) is 1. The van der Waals surface area contributed by atoms with Gasteiger partial charge in [0.05, 0.1) is 12.2 Å². The van der Waals surface area contributed by atoms with Gasteiger partial charge in [-0.3, -0.25) is 9.69 Å². The number of hydrogen-bond donors (Lipinski definition) is 2. The highest BCUT2D eigenvalue weighted by molar-refractivity contribution is 5.92. The van der Waals surface area contributed by atoms with Crippen molar-refractivity contribution >= 4 is 11.6 Å². The zero-order valence-electron chi connectivity index (χ0n) is 12.1. The number of halogens is 2. The van der Waals surface area contributed by atoms with Gasteiger partial charge in [-0.2, -0.15) is 0 Å². The fourth-order valence-corrected chi connectivity index (χ4v) is 2.69. The van der Waals surface area contributed by atoms with Crippen LogP contribution < -0.4 is 11.1 Å². The predicted molar refractivity (Wildman–Crippen MR) is 77.8 cm³/mol. The molecule has 0 radical (unpaired) electrons. The van der Waals surface area contributed by atoms with E-state index >= 15 is 0 Å². The van der Waals surface area contributed by atoms with Gasteiger partial charge < -0.3 is 11.1 Å². The Morgan fingerprint density at radius 1 is 1.48 bits per heavy atom. The summed E-state index contributed by atoms with van der Waals surface area (Å²) < 4.78 is 26.5. The molecule has 4 nitrogen and oxygen atoms in total. The largest absolute Gasteiger partial charge is 0.327 e. The second kappa shape index (κ2) is 6.95. The number of rotatable bonds is 4. The van der Waals surface area contributed by atoms with Gasteiger partial charge in [0.2, 0.25) is 5.91 Å². The van der Waals surface area contributed by atoms with Gasteiger partial charge in [0.25, 0.3) is 0 Å². The normalized spacial score (nSPS) is 23.0. The molecule has 2 unspecified atom stereocenters. The van der Waals surface area contributed by atoms with Crippen molar-refractivity contribution in [3.63, 3.8) is 0 Å². The molecule has 21 heavy (non-hydrogen) atoms. The van der Waals surface area contributed by atoms with E-state index in [1.54, 1.807) is 0 Å². The molecule has 116 valence electrons. The maximum Gasteiger partial charge on any atom is 0.238 e. The van der Waals surface area contributed by atoms with Crippen molar-refractivity contribution < 1.29 is 13.6 Å².